The van der Waals surface area contributed by atoms with Gasteiger partial charge >= 0.3 is 11.9 Å². The predicted octanol–water partition coefficient (Wildman–Crippen LogP) is 2.24. The van der Waals surface area contributed by atoms with E-state index in [1.54, 1.807) is 0 Å². The summed E-state index contributed by atoms with van der Waals surface area (Å²) < 4.78 is 10.5. The molecule has 104 valence electrons. The molecule has 0 spiro atoms. The third-order valence-corrected chi connectivity index (χ3v) is 3.83. The van der Waals surface area contributed by atoms with E-state index in [1.165, 1.54) is 0 Å². The van der Waals surface area contributed by atoms with Crippen LogP contribution < -0.4 is 0 Å². The molecular formula is C16H16O4. The summed E-state index contributed by atoms with van der Waals surface area (Å²) in [7, 11) is 0. The van der Waals surface area contributed by atoms with Crippen LogP contribution in [0.25, 0.3) is 0 Å². The fourth-order valence-electron chi connectivity index (χ4n) is 2.78. The van der Waals surface area contributed by atoms with E-state index in [1.807, 2.05) is 42.5 Å². The second-order valence-corrected chi connectivity index (χ2v) is 5.14. The monoisotopic (exact) mass is 272 g/mol. The van der Waals surface area contributed by atoms with E-state index in [0.717, 1.165) is 18.4 Å². The first-order valence-corrected chi connectivity index (χ1v) is 6.83. The lowest BCUT2D eigenvalue weighted by molar-refractivity contribution is -0.157. The van der Waals surface area contributed by atoms with Gasteiger partial charge in [-0.15, -0.1) is 0 Å². The van der Waals surface area contributed by atoms with Gasteiger partial charge in [0.15, 0.2) is 5.92 Å². The third kappa shape index (κ3) is 2.46. The molecule has 0 saturated carbocycles. The van der Waals surface area contributed by atoms with Crippen LogP contribution in [0.15, 0.2) is 42.5 Å². The van der Waals surface area contributed by atoms with Gasteiger partial charge in [-0.1, -0.05) is 36.4 Å². The average molecular weight is 272 g/mol. The van der Waals surface area contributed by atoms with Crippen LogP contribution in [0.2, 0.25) is 0 Å². The summed E-state index contributed by atoms with van der Waals surface area (Å²) in [4.78, 5) is 24.0. The summed E-state index contributed by atoms with van der Waals surface area (Å²) in [5, 5.41) is 0. The van der Waals surface area contributed by atoms with Crippen molar-refractivity contribution in [2.24, 2.45) is 11.8 Å². The lowest BCUT2D eigenvalue weighted by Crippen LogP contribution is -2.30. The van der Waals surface area contributed by atoms with Crippen molar-refractivity contribution in [3.63, 3.8) is 0 Å². The summed E-state index contributed by atoms with van der Waals surface area (Å²) >= 11 is 0. The second-order valence-electron chi connectivity index (χ2n) is 5.14. The van der Waals surface area contributed by atoms with Gasteiger partial charge in [-0.3, -0.25) is 9.59 Å². The van der Waals surface area contributed by atoms with Gasteiger partial charge in [0.1, 0.15) is 12.7 Å². The number of carbonyl (C=O) groups is 2. The molecule has 1 aromatic carbocycles. The van der Waals surface area contributed by atoms with Crippen molar-refractivity contribution in [1.82, 2.24) is 0 Å². The minimum Gasteiger partial charge on any atom is -0.460 e. The van der Waals surface area contributed by atoms with E-state index in [4.69, 9.17) is 9.47 Å². The molecule has 3 atom stereocenters. The zero-order chi connectivity index (χ0) is 13.9. The maximum absolute atomic E-state index is 12.1. The van der Waals surface area contributed by atoms with Crippen LogP contribution in [0.5, 0.6) is 0 Å². The smallest absolute Gasteiger partial charge is 0.321 e. The van der Waals surface area contributed by atoms with Crippen LogP contribution in [0.3, 0.4) is 0 Å². The summed E-state index contributed by atoms with van der Waals surface area (Å²) in [5.74, 6) is -1.77. The SMILES string of the molecule is O=C(OCc1ccccc1)[C@H]1C(=O)O[C@@H]2C=CCC[C@H]12. The fraction of sp³-hybridized carbons (Fsp3) is 0.375. The highest BCUT2D eigenvalue weighted by molar-refractivity contribution is 5.97. The zero-order valence-electron chi connectivity index (χ0n) is 11.0. The topological polar surface area (TPSA) is 52.6 Å². The molecule has 1 aliphatic carbocycles. The van der Waals surface area contributed by atoms with E-state index in [9.17, 15) is 9.59 Å². The number of hydrogen-bond donors (Lipinski definition) is 0. The van der Waals surface area contributed by atoms with Gasteiger partial charge in [0.25, 0.3) is 0 Å². The maximum Gasteiger partial charge on any atom is 0.321 e. The molecule has 1 aromatic rings. The quantitative estimate of drug-likeness (QED) is 0.481. The molecule has 4 heteroatoms. The maximum atomic E-state index is 12.1. The highest BCUT2D eigenvalue weighted by atomic mass is 16.6. The van der Waals surface area contributed by atoms with Crippen molar-refractivity contribution in [3.8, 4) is 0 Å². The van der Waals surface area contributed by atoms with Gasteiger partial charge in [0.2, 0.25) is 0 Å². The van der Waals surface area contributed by atoms with Gasteiger partial charge < -0.3 is 9.47 Å². The van der Waals surface area contributed by atoms with Gasteiger partial charge in [-0.25, -0.2) is 0 Å². The lowest BCUT2D eigenvalue weighted by Gasteiger charge is -2.20. The molecule has 0 radical (unpaired) electrons. The van der Waals surface area contributed by atoms with Gasteiger partial charge in [0.05, 0.1) is 0 Å². The molecule has 20 heavy (non-hydrogen) atoms. The standard InChI is InChI=1S/C16H16O4/c17-15(19-10-11-6-2-1-3-7-11)14-12-8-4-5-9-13(12)20-16(14)18/h1-3,5-7,9,12-14H,4,8,10H2/t12-,13+,14-/m0/s1. The van der Waals surface area contributed by atoms with Crippen molar-refractivity contribution >= 4 is 11.9 Å². The molecule has 0 unspecified atom stereocenters. The first-order chi connectivity index (χ1) is 9.75. The normalized spacial score (nSPS) is 27.8. The Hall–Kier alpha value is -2.10. The van der Waals surface area contributed by atoms with Crippen molar-refractivity contribution < 1.29 is 19.1 Å². The summed E-state index contributed by atoms with van der Waals surface area (Å²) in [6, 6.07) is 9.43. The molecule has 1 fully saturated rings. The number of ether oxygens (including phenoxy) is 2. The fourth-order valence-corrected chi connectivity index (χ4v) is 2.78. The number of benzene rings is 1. The highest BCUT2D eigenvalue weighted by Gasteiger charge is 2.49. The number of rotatable bonds is 3. The molecular weight excluding hydrogens is 256 g/mol. The molecule has 0 amide bonds. The van der Waals surface area contributed by atoms with Crippen molar-refractivity contribution in [1.29, 1.82) is 0 Å². The van der Waals surface area contributed by atoms with Crippen molar-refractivity contribution in [2.75, 3.05) is 0 Å². The first kappa shape index (κ1) is 12.9. The van der Waals surface area contributed by atoms with Crippen LogP contribution in [0.4, 0.5) is 0 Å². The van der Waals surface area contributed by atoms with Crippen LogP contribution in [-0.4, -0.2) is 18.0 Å². The van der Waals surface area contributed by atoms with Crippen LogP contribution in [0.1, 0.15) is 18.4 Å². The Morgan fingerprint density at radius 1 is 1.30 bits per heavy atom. The molecule has 1 saturated heterocycles. The van der Waals surface area contributed by atoms with Crippen molar-refractivity contribution in [2.45, 2.75) is 25.6 Å². The molecule has 0 N–H and O–H groups in total. The number of esters is 2. The van der Waals surface area contributed by atoms with E-state index in [-0.39, 0.29) is 18.6 Å². The molecule has 0 bridgehead atoms. The molecule has 3 rings (SSSR count). The Morgan fingerprint density at radius 3 is 2.90 bits per heavy atom. The van der Waals surface area contributed by atoms with Crippen LogP contribution >= 0.6 is 0 Å². The lowest BCUT2D eigenvalue weighted by atomic mass is 9.83. The van der Waals surface area contributed by atoms with E-state index in [0.29, 0.717) is 0 Å². The summed E-state index contributed by atoms with van der Waals surface area (Å²) in [6.45, 7) is 0.191. The largest absolute Gasteiger partial charge is 0.460 e. The molecule has 0 aromatic heterocycles. The zero-order valence-corrected chi connectivity index (χ0v) is 11.0. The number of fused-ring (bicyclic) bond motifs is 1. The number of allylic oxidation sites excluding steroid dienone is 1. The number of carbonyl (C=O) groups excluding carboxylic acids is 2. The van der Waals surface area contributed by atoms with Crippen molar-refractivity contribution in [3.05, 3.63) is 48.0 Å². The second kappa shape index (κ2) is 5.49. The van der Waals surface area contributed by atoms with E-state index >= 15 is 0 Å². The van der Waals surface area contributed by atoms with Crippen LogP contribution in [0, 0.1) is 11.8 Å². The van der Waals surface area contributed by atoms with Crippen LogP contribution in [-0.2, 0) is 25.7 Å². The molecule has 1 aliphatic heterocycles. The summed E-state index contributed by atoms with van der Waals surface area (Å²) in [6.07, 6.45) is 5.27. The molecule has 4 nitrogen and oxygen atoms in total. The third-order valence-electron chi connectivity index (χ3n) is 3.83. The minimum absolute atomic E-state index is 0.0734. The van der Waals surface area contributed by atoms with Gasteiger partial charge in [-0.05, 0) is 24.5 Å². The highest BCUT2D eigenvalue weighted by Crippen LogP contribution is 2.36. The van der Waals surface area contributed by atoms with E-state index < -0.39 is 17.9 Å². The Bertz CT molecular complexity index is 535. The number of hydrogen-bond acceptors (Lipinski definition) is 4. The predicted molar refractivity (Wildman–Crippen MR) is 71.5 cm³/mol. The average Bonchev–Trinajstić information content (AvgIpc) is 2.82. The minimum atomic E-state index is -0.770. The first-order valence-electron chi connectivity index (χ1n) is 6.83. The Kier molecular flexibility index (Phi) is 3.54. The molecule has 2 aliphatic rings. The van der Waals surface area contributed by atoms with Gasteiger partial charge in [0, 0.05) is 5.92 Å². The Morgan fingerprint density at radius 2 is 2.10 bits per heavy atom. The van der Waals surface area contributed by atoms with E-state index in [2.05, 4.69) is 0 Å². The Labute approximate surface area is 117 Å². The van der Waals surface area contributed by atoms with Gasteiger partial charge in [-0.2, -0.15) is 0 Å². The molecule has 1 heterocycles. The summed E-state index contributed by atoms with van der Waals surface area (Å²) in [5.41, 5.74) is 0.910. The Balaban J connectivity index is 1.65.